The van der Waals surface area contributed by atoms with Gasteiger partial charge in [-0.15, -0.1) is 0 Å². The number of benzene rings is 1. The van der Waals surface area contributed by atoms with Crippen molar-refractivity contribution in [1.29, 1.82) is 0 Å². The van der Waals surface area contributed by atoms with E-state index >= 15 is 0 Å². The molecule has 2 aliphatic rings. The quantitative estimate of drug-likeness (QED) is 0.636. The third-order valence-electron chi connectivity index (χ3n) is 6.07. The summed E-state index contributed by atoms with van der Waals surface area (Å²) < 4.78 is 0. The summed E-state index contributed by atoms with van der Waals surface area (Å²) >= 11 is 1.61. The van der Waals surface area contributed by atoms with Gasteiger partial charge in [-0.05, 0) is 67.0 Å². The average Bonchev–Trinajstić information content (AvgIpc) is 3.28. The van der Waals surface area contributed by atoms with Crippen LogP contribution in [0.2, 0.25) is 0 Å². The molecule has 4 rings (SSSR count). The number of nitrogens with one attached hydrogen (secondary N) is 1. The lowest BCUT2D eigenvalue weighted by Crippen LogP contribution is -2.41. The third-order valence-corrected chi connectivity index (χ3v) is 6.78. The third kappa shape index (κ3) is 4.46. The van der Waals surface area contributed by atoms with Gasteiger partial charge in [0.05, 0.1) is 5.92 Å². The highest BCUT2D eigenvalue weighted by molar-refractivity contribution is 7.08. The first-order chi connectivity index (χ1) is 14.6. The lowest BCUT2D eigenvalue weighted by molar-refractivity contribution is -0.122. The van der Waals surface area contributed by atoms with Crippen LogP contribution in [0.3, 0.4) is 0 Å². The van der Waals surface area contributed by atoms with E-state index in [1.165, 1.54) is 5.56 Å². The molecule has 0 bridgehead atoms. The summed E-state index contributed by atoms with van der Waals surface area (Å²) in [6, 6.07) is 12.5. The Morgan fingerprint density at radius 2 is 1.97 bits per heavy atom. The van der Waals surface area contributed by atoms with Crippen molar-refractivity contribution in [3.63, 3.8) is 0 Å². The number of hydrogen-bond acceptors (Lipinski definition) is 4. The molecule has 1 amide bonds. The van der Waals surface area contributed by atoms with E-state index in [1.54, 1.807) is 11.3 Å². The highest BCUT2D eigenvalue weighted by Crippen LogP contribution is 2.43. The number of fused-ring (bicyclic) bond motifs is 1. The number of carbonyl (C=O) groups is 2. The van der Waals surface area contributed by atoms with Crippen LogP contribution >= 0.6 is 11.3 Å². The Morgan fingerprint density at radius 3 is 2.73 bits per heavy atom. The van der Waals surface area contributed by atoms with Crippen molar-refractivity contribution in [2.45, 2.75) is 51.4 Å². The van der Waals surface area contributed by atoms with Gasteiger partial charge in [0, 0.05) is 35.9 Å². The van der Waals surface area contributed by atoms with E-state index in [0.29, 0.717) is 18.5 Å². The minimum absolute atomic E-state index is 0.0791. The van der Waals surface area contributed by atoms with Gasteiger partial charge in [0.15, 0.2) is 0 Å². The van der Waals surface area contributed by atoms with Crippen LogP contribution in [-0.2, 0) is 16.0 Å². The molecule has 1 aromatic heterocycles. The van der Waals surface area contributed by atoms with E-state index in [1.807, 2.05) is 24.4 Å². The van der Waals surface area contributed by atoms with Crippen LogP contribution in [0.25, 0.3) is 0 Å². The van der Waals surface area contributed by atoms with Crippen LogP contribution in [0.15, 0.2) is 63.4 Å². The summed E-state index contributed by atoms with van der Waals surface area (Å²) in [6.07, 6.45) is 5.26. The van der Waals surface area contributed by atoms with Gasteiger partial charge in [-0.3, -0.25) is 14.6 Å². The maximum Gasteiger partial charge on any atom is 0.249 e. The zero-order valence-electron chi connectivity index (χ0n) is 17.4. The minimum Gasteiger partial charge on any atom is -0.352 e. The van der Waals surface area contributed by atoms with Crippen LogP contribution in [-0.4, -0.2) is 23.9 Å². The summed E-state index contributed by atoms with van der Waals surface area (Å²) in [5.74, 6) is -0.349. The number of Topliss-reactive ketones (excluding diaryl/α,β-unsaturated/α-hetero) is 1. The number of unbranched alkanes of at least 4 members (excludes halogenated alkanes) is 1. The van der Waals surface area contributed by atoms with Gasteiger partial charge < -0.3 is 5.32 Å². The Bertz CT molecular complexity index is 960. The van der Waals surface area contributed by atoms with Crippen LogP contribution in [0.4, 0.5) is 0 Å². The highest BCUT2D eigenvalue weighted by Gasteiger charge is 2.43. The van der Waals surface area contributed by atoms with Crippen LogP contribution in [0, 0.1) is 5.92 Å². The highest BCUT2D eigenvalue weighted by atomic mass is 32.1. The van der Waals surface area contributed by atoms with Crippen molar-refractivity contribution in [3.8, 4) is 0 Å². The van der Waals surface area contributed by atoms with Gasteiger partial charge in [-0.2, -0.15) is 11.3 Å². The maximum absolute atomic E-state index is 13.2. The summed E-state index contributed by atoms with van der Waals surface area (Å²) in [5.41, 5.74) is 4.76. The molecule has 0 spiro atoms. The summed E-state index contributed by atoms with van der Waals surface area (Å²) in [6.45, 7) is 2.54. The lowest BCUT2D eigenvalue weighted by Gasteiger charge is -2.35. The molecule has 1 aromatic carbocycles. The zero-order valence-corrected chi connectivity index (χ0v) is 18.2. The smallest absolute Gasteiger partial charge is 0.249 e. The molecule has 0 radical (unpaired) electrons. The molecule has 0 saturated heterocycles. The number of allylic oxidation sites excluding steroid dienone is 1. The molecule has 2 aromatic rings. The van der Waals surface area contributed by atoms with E-state index in [4.69, 9.17) is 4.99 Å². The first-order valence-corrected chi connectivity index (χ1v) is 11.7. The Morgan fingerprint density at radius 1 is 1.13 bits per heavy atom. The number of rotatable bonds is 7. The molecule has 30 heavy (non-hydrogen) atoms. The largest absolute Gasteiger partial charge is 0.352 e. The van der Waals surface area contributed by atoms with Crippen molar-refractivity contribution in [3.05, 3.63) is 69.6 Å². The van der Waals surface area contributed by atoms with Crippen molar-refractivity contribution >= 4 is 28.7 Å². The van der Waals surface area contributed by atoms with Gasteiger partial charge in [-0.25, -0.2) is 0 Å². The molecule has 156 valence electrons. The van der Waals surface area contributed by atoms with Gasteiger partial charge in [0.1, 0.15) is 5.78 Å². The fourth-order valence-electron chi connectivity index (χ4n) is 4.62. The molecule has 2 atom stereocenters. The first-order valence-electron chi connectivity index (χ1n) is 10.8. The normalized spacial score (nSPS) is 21.2. The second kappa shape index (κ2) is 9.52. The predicted molar refractivity (Wildman–Crippen MR) is 122 cm³/mol. The molecular weight excluding hydrogens is 392 g/mol. The molecule has 5 heteroatoms. The first kappa shape index (κ1) is 20.7. The van der Waals surface area contributed by atoms with Crippen molar-refractivity contribution in [2.24, 2.45) is 10.9 Å². The van der Waals surface area contributed by atoms with Crippen molar-refractivity contribution in [2.75, 3.05) is 6.54 Å². The van der Waals surface area contributed by atoms with E-state index < -0.39 is 0 Å². The van der Waals surface area contributed by atoms with E-state index in [0.717, 1.165) is 49.1 Å². The Balaban J connectivity index is 1.45. The van der Waals surface area contributed by atoms with Crippen molar-refractivity contribution in [1.82, 2.24) is 5.32 Å². The number of nitrogens with zero attached hydrogens (tertiary/aromatic N) is 1. The molecule has 1 aliphatic carbocycles. The molecular formula is C25H28N2O2S. The zero-order chi connectivity index (χ0) is 20.9. The SMILES string of the molecule is CC1=C(C(=O)NCCCCc2ccccc2)C(c2ccsc2)C2C(=O)CCCC2=N1. The number of hydrogen-bond donors (Lipinski definition) is 1. The standard InChI is InChI=1S/C25H28N2O2S/c1-17-22(25(29)26-14-6-5-10-18-8-3-2-4-9-18)23(19-13-15-30-16-19)24-20(27-17)11-7-12-21(24)28/h2-4,8-9,13,15-16,23-24H,5-7,10-12,14H2,1H3,(H,26,29). The number of thiophene rings is 1. The molecule has 2 heterocycles. The number of carbonyl (C=O) groups excluding carboxylic acids is 2. The molecule has 1 saturated carbocycles. The number of aliphatic imine (C=N–C) groups is 1. The number of ketones is 1. The fraction of sp³-hybridized carbons (Fsp3) is 0.400. The van der Waals surface area contributed by atoms with Crippen LogP contribution in [0.1, 0.15) is 56.1 Å². The van der Waals surface area contributed by atoms with Gasteiger partial charge in [-0.1, -0.05) is 30.3 Å². The number of amides is 1. The summed E-state index contributed by atoms with van der Waals surface area (Å²) in [7, 11) is 0. The number of aryl methyl sites for hydroxylation is 1. The Kier molecular flexibility index (Phi) is 6.58. The second-order valence-corrected chi connectivity index (χ2v) is 8.91. The summed E-state index contributed by atoms with van der Waals surface area (Å²) in [5, 5.41) is 7.18. The predicted octanol–water partition coefficient (Wildman–Crippen LogP) is 5.07. The maximum atomic E-state index is 13.2. The van der Waals surface area contributed by atoms with Crippen LogP contribution in [0.5, 0.6) is 0 Å². The summed E-state index contributed by atoms with van der Waals surface area (Å²) in [4.78, 5) is 30.7. The molecule has 1 aliphatic heterocycles. The van der Waals surface area contributed by atoms with Gasteiger partial charge >= 0.3 is 0 Å². The fourth-order valence-corrected chi connectivity index (χ4v) is 5.32. The molecule has 1 fully saturated rings. The molecule has 1 N–H and O–H groups in total. The monoisotopic (exact) mass is 420 g/mol. The second-order valence-electron chi connectivity index (χ2n) is 8.13. The Hall–Kier alpha value is -2.53. The van der Waals surface area contributed by atoms with Crippen LogP contribution < -0.4 is 5.32 Å². The molecule has 2 unspecified atom stereocenters. The van der Waals surface area contributed by atoms with E-state index in [2.05, 4.69) is 35.0 Å². The average molecular weight is 421 g/mol. The molecule has 4 nitrogen and oxygen atoms in total. The van der Waals surface area contributed by atoms with Gasteiger partial charge in [0.2, 0.25) is 5.91 Å². The van der Waals surface area contributed by atoms with Crippen molar-refractivity contribution < 1.29 is 9.59 Å². The topological polar surface area (TPSA) is 58.5 Å². The Labute approximate surface area is 182 Å². The lowest BCUT2D eigenvalue weighted by atomic mass is 9.70. The van der Waals surface area contributed by atoms with E-state index in [-0.39, 0.29) is 23.5 Å². The van der Waals surface area contributed by atoms with E-state index in [9.17, 15) is 9.59 Å². The minimum atomic E-state index is -0.282. The van der Waals surface area contributed by atoms with Gasteiger partial charge in [0.25, 0.3) is 0 Å².